The minimum absolute atomic E-state index is 0.252. The van der Waals surface area contributed by atoms with Gasteiger partial charge < -0.3 is 24.1 Å². The number of H-pyrrole nitrogens is 1. The Balaban J connectivity index is 1.50. The van der Waals surface area contributed by atoms with E-state index in [1.807, 2.05) is 60.7 Å². The van der Waals surface area contributed by atoms with Crippen molar-refractivity contribution in [3.63, 3.8) is 0 Å². The summed E-state index contributed by atoms with van der Waals surface area (Å²) in [5.74, 6) is 2.94. The summed E-state index contributed by atoms with van der Waals surface area (Å²) in [4.78, 5) is 5.62. The number of nitrogens with one attached hydrogen (secondary N) is 1. The molecule has 0 saturated carbocycles. The molecule has 5 rings (SSSR count). The van der Waals surface area contributed by atoms with Crippen LogP contribution in [0.4, 0.5) is 5.69 Å². The van der Waals surface area contributed by atoms with Crippen molar-refractivity contribution in [1.29, 1.82) is 0 Å². The maximum atomic E-state index is 5.62. The van der Waals surface area contributed by atoms with Gasteiger partial charge in [-0.15, -0.1) is 10.2 Å². The van der Waals surface area contributed by atoms with Crippen LogP contribution in [-0.2, 0) is 16.0 Å². The van der Waals surface area contributed by atoms with E-state index >= 15 is 0 Å². The molecule has 1 N–H and O–H groups in total. The van der Waals surface area contributed by atoms with E-state index in [2.05, 4.69) is 38.3 Å². The molecule has 0 saturated heterocycles. The molecule has 1 aliphatic rings. The van der Waals surface area contributed by atoms with Crippen LogP contribution >= 0.6 is 0 Å². The monoisotopic (exact) mass is 440 g/mol. The quantitative estimate of drug-likeness (QED) is 0.416. The lowest BCUT2D eigenvalue weighted by Gasteiger charge is -2.26. The molecule has 0 radical (unpaired) electrons. The van der Waals surface area contributed by atoms with E-state index in [4.69, 9.17) is 14.2 Å². The van der Waals surface area contributed by atoms with E-state index < -0.39 is 0 Å². The highest BCUT2D eigenvalue weighted by Gasteiger charge is 2.19. The molecule has 0 bridgehead atoms. The lowest BCUT2D eigenvalue weighted by Crippen LogP contribution is -2.26. The zero-order valence-electron chi connectivity index (χ0n) is 18.3. The number of rotatable bonds is 8. The Morgan fingerprint density at radius 1 is 0.909 bits per heavy atom. The van der Waals surface area contributed by atoms with Crippen LogP contribution in [0.3, 0.4) is 0 Å². The second-order valence-electron chi connectivity index (χ2n) is 7.63. The molecule has 0 amide bonds. The Morgan fingerprint density at radius 3 is 2.55 bits per heavy atom. The molecule has 4 aromatic rings. The first-order valence-corrected chi connectivity index (χ1v) is 10.7. The van der Waals surface area contributed by atoms with Crippen LogP contribution in [0.5, 0.6) is 5.75 Å². The number of benzene rings is 3. The molecule has 2 heterocycles. The first kappa shape index (κ1) is 20.6. The predicted molar refractivity (Wildman–Crippen MR) is 126 cm³/mol. The fourth-order valence-electron chi connectivity index (χ4n) is 3.81. The zero-order valence-corrected chi connectivity index (χ0v) is 18.3. The Kier molecular flexibility index (Phi) is 5.93. The summed E-state index contributed by atoms with van der Waals surface area (Å²) in [6.45, 7) is 1.53. The van der Waals surface area contributed by atoms with E-state index in [9.17, 15) is 0 Å². The maximum Gasteiger partial charge on any atom is 0.229 e. The largest absolute Gasteiger partial charge is 0.497 e. The number of ether oxygens (including phenoxy) is 3. The highest BCUT2D eigenvalue weighted by molar-refractivity contribution is 5.75. The van der Waals surface area contributed by atoms with Crippen LogP contribution in [0.2, 0.25) is 0 Å². The van der Waals surface area contributed by atoms with Crippen molar-refractivity contribution in [3.05, 3.63) is 96.4 Å². The third-order valence-corrected chi connectivity index (χ3v) is 5.42. The van der Waals surface area contributed by atoms with Crippen LogP contribution in [-0.4, -0.2) is 35.6 Å². The number of aromatic amines is 1. The molecule has 166 valence electrons. The number of nitrogens with zero attached hydrogens (tertiary/aromatic N) is 3. The second-order valence-corrected chi connectivity index (χ2v) is 7.63. The van der Waals surface area contributed by atoms with Gasteiger partial charge in [0, 0.05) is 23.4 Å². The topological polar surface area (TPSA) is 72.5 Å². The van der Waals surface area contributed by atoms with Gasteiger partial charge in [-0.2, -0.15) is 0 Å². The van der Waals surface area contributed by atoms with Gasteiger partial charge in [0.15, 0.2) is 17.4 Å². The highest BCUT2D eigenvalue weighted by atomic mass is 16.7. The molecule has 0 atom stereocenters. The van der Waals surface area contributed by atoms with Crippen LogP contribution < -0.4 is 9.64 Å². The standard InChI is InChI=1S/C26H24N4O3/c1-31-21-11-7-10-20(14-21)25-27-26(29-28-25)23-12-5-6-13-24(23)30(16-22-17-32-18-33-22)15-19-8-3-2-4-9-19/h2-14,17H,15-16,18H2,1H3,(H,27,28,29). The van der Waals surface area contributed by atoms with Crippen LogP contribution in [0, 0.1) is 0 Å². The number of anilines is 1. The zero-order chi connectivity index (χ0) is 22.5. The van der Waals surface area contributed by atoms with Gasteiger partial charge in [0.2, 0.25) is 6.79 Å². The fraction of sp³-hybridized carbons (Fsp3) is 0.154. The Bertz CT molecular complexity index is 1250. The van der Waals surface area contributed by atoms with Gasteiger partial charge >= 0.3 is 0 Å². The van der Waals surface area contributed by atoms with Crippen LogP contribution in [0.25, 0.3) is 22.8 Å². The average Bonchev–Trinajstić information content (AvgIpc) is 3.57. The number of methoxy groups -OCH3 is 1. The predicted octanol–water partition coefficient (Wildman–Crippen LogP) is 5.00. The first-order chi connectivity index (χ1) is 16.3. The molecular formula is C26H24N4O3. The Hall–Kier alpha value is -4.26. The Labute approximate surface area is 192 Å². The summed E-state index contributed by atoms with van der Waals surface area (Å²) in [7, 11) is 1.65. The fourth-order valence-corrected chi connectivity index (χ4v) is 3.81. The lowest BCUT2D eigenvalue weighted by molar-refractivity contribution is 0.0797. The third kappa shape index (κ3) is 4.67. The molecule has 1 aliphatic heterocycles. The summed E-state index contributed by atoms with van der Waals surface area (Å²) in [5, 5.41) is 8.85. The molecular weight excluding hydrogens is 416 g/mol. The van der Waals surface area contributed by atoms with Gasteiger partial charge in [-0.25, -0.2) is 0 Å². The smallest absolute Gasteiger partial charge is 0.229 e. The number of aromatic nitrogens is 3. The molecule has 33 heavy (non-hydrogen) atoms. The summed E-state index contributed by atoms with van der Waals surface area (Å²) in [6, 6.07) is 26.2. The van der Waals surface area contributed by atoms with Crippen LogP contribution in [0.15, 0.2) is 90.9 Å². The number of para-hydroxylation sites is 1. The van der Waals surface area contributed by atoms with Crippen molar-refractivity contribution < 1.29 is 14.2 Å². The van der Waals surface area contributed by atoms with E-state index in [0.717, 1.165) is 28.3 Å². The van der Waals surface area contributed by atoms with Crippen molar-refractivity contribution in [2.75, 3.05) is 25.3 Å². The summed E-state index contributed by atoms with van der Waals surface area (Å²) < 4.78 is 16.2. The minimum Gasteiger partial charge on any atom is -0.497 e. The van der Waals surface area contributed by atoms with Gasteiger partial charge in [-0.3, -0.25) is 0 Å². The van der Waals surface area contributed by atoms with Crippen molar-refractivity contribution in [2.24, 2.45) is 0 Å². The van der Waals surface area contributed by atoms with E-state index in [-0.39, 0.29) is 6.79 Å². The molecule has 0 fully saturated rings. The van der Waals surface area contributed by atoms with Crippen molar-refractivity contribution in [2.45, 2.75) is 6.54 Å². The van der Waals surface area contributed by atoms with Gasteiger partial charge in [0.1, 0.15) is 12.0 Å². The Morgan fingerprint density at radius 2 is 1.73 bits per heavy atom. The van der Waals surface area contributed by atoms with Crippen molar-refractivity contribution in [3.8, 4) is 28.5 Å². The summed E-state index contributed by atoms with van der Waals surface area (Å²) >= 11 is 0. The first-order valence-electron chi connectivity index (χ1n) is 10.7. The lowest BCUT2D eigenvalue weighted by atomic mass is 10.1. The molecule has 7 nitrogen and oxygen atoms in total. The molecule has 0 aliphatic carbocycles. The third-order valence-electron chi connectivity index (χ3n) is 5.42. The average molecular weight is 441 g/mol. The SMILES string of the molecule is COc1cccc(-c2nnc(-c3ccccc3N(CC3=COCO3)Cc3ccccc3)[nH]2)c1. The van der Waals surface area contributed by atoms with Gasteiger partial charge in [0.05, 0.1) is 13.7 Å². The molecule has 0 spiro atoms. The van der Waals surface area contributed by atoms with E-state index in [1.54, 1.807) is 13.4 Å². The molecule has 7 heteroatoms. The van der Waals surface area contributed by atoms with Crippen molar-refractivity contribution in [1.82, 2.24) is 15.2 Å². The minimum atomic E-state index is 0.252. The van der Waals surface area contributed by atoms with E-state index in [1.165, 1.54) is 5.56 Å². The normalized spacial score (nSPS) is 12.6. The molecule has 3 aromatic carbocycles. The second kappa shape index (κ2) is 9.48. The summed E-state index contributed by atoms with van der Waals surface area (Å²) in [6.07, 6.45) is 1.68. The summed E-state index contributed by atoms with van der Waals surface area (Å²) in [5.41, 5.74) is 4.08. The highest BCUT2D eigenvalue weighted by Crippen LogP contribution is 2.32. The van der Waals surface area contributed by atoms with Crippen LogP contribution in [0.1, 0.15) is 5.56 Å². The van der Waals surface area contributed by atoms with E-state index in [0.29, 0.717) is 24.7 Å². The van der Waals surface area contributed by atoms with Crippen molar-refractivity contribution >= 4 is 5.69 Å². The van der Waals surface area contributed by atoms with Gasteiger partial charge in [0.25, 0.3) is 0 Å². The molecule has 1 aromatic heterocycles. The molecule has 0 unspecified atom stereocenters. The number of hydrogen-bond donors (Lipinski definition) is 1. The number of hydrogen-bond acceptors (Lipinski definition) is 6. The van der Waals surface area contributed by atoms with Gasteiger partial charge in [-0.05, 0) is 29.8 Å². The van der Waals surface area contributed by atoms with Gasteiger partial charge in [-0.1, -0.05) is 54.6 Å². The maximum absolute atomic E-state index is 5.62.